The SMILES string of the molecule is Cc1cc(CCNC(=O)CN(C)C)cc(C)c1O. The average Bonchev–Trinajstić information content (AvgIpc) is 2.24. The summed E-state index contributed by atoms with van der Waals surface area (Å²) in [5.41, 5.74) is 2.89. The molecule has 18 heavy (non-hydrogen) atoms. The fourth-order valence-electron chi connectivity index (χ4n) is 1.88. The molecule has 0 aliphatic heterocycles. The van der Waals surface area contributed by atoms with Gasteiger partial charge in [0.1, 0.15) is 5.75 Å². The van der Waals surface area contributed by atoms with E-state index in [9.17, 15) is 9.90 Å². The molecule has 0 aromatic heterocycles. The molecule has 0 radical (unpaired) electrons. The molecule has 0 aliphatic rings. The van der Waals surface area contributed by atoms with Gasteiger partial charge in [0.15, 0.2) is 0 Å². The number of hydrogen-bond acceptors (Lipinski definition) is 3. The number of aromatic hydroxyl groups is 1. The van der Waals surface area contributed by atoms with E-state index in [1.54, 1.807) is 0 Å². The summed E-state index contributed by atoms with van der Waals surface area (Å²) >= 11 is 0. The number of aryl methyl sites for hydroxylation is 2. The third-order valence-electron chi connectivity index (χ3n) is 2.75. The van der Waals surface area contributed by atoms with Gasteiger partial charge >= 0.3 is 0 Å². The highest BCUT2D eigenvalue weighted by molar-refractivity contribution is 5.77. The standard InChI is InChI=1S/C14H22N2O2/c1-10-7-12(8-11(2)14(10)18)5-6-15-13(17)9-16(3)4/h7-8,18H,5-6,9H2,1-4H3,(H,15,17). The Kier molecular flexibility index (Phi) is 5.16. The van der Waals surface area contributed by atoms with Crippen LogP contribution in [0.15, 0.2) is 12.1 Å². The smallest absolute Gasteiger partial charge is 0.234 e. The molecule has 0 saturated heterocycles. The molecule has 0 saturated carbocycles. The molecular formula is C14H22N2O2. The van der Waals surface area contributed by atoms with Crippen LogP contribution >= 0.6 is 0 Å². The van der Waals surface area contributed by atoms with Gasteiger partial charge in [0.25, 0.3) is 0 Å². The Morgan fingerprint density at radius 3 is 2.33 bits per heavy atom. The molecule has 1 amide bonds. The van der Waals surface area contributed by atoms with Gasteiger partial charge < -0.3 is 15.3 Å². The lowest BCUT2D eigenvalue weighted by molar-refractivity contribution is -0.121. The molecule has 4 nitrogen and oxygen atoms in total. The van der Waals surface area contributed by atoms with Crippen molar-refractivity contribution in [1.82, 2.24) is 10.2 Å². The van der Waals surface area contributed by atoms with Gasteiger partial charge in [-0.15, -0.1) is 0 Å². The van der Waals surface area contributed by atoms with E-state index in [-0.39, 0.29) is 5.91 Å². The Morgan fingerprint density at radius 1 is 1.28 bits per heavy atom. The van der Waals surface area contributed by atoms with Gasteiger partial charge in [-0.25, -0.2) is 0 Å². The Labute approximate surface area is 109 Å². The van der Waals surface area contributed by atoms with Crippen LogP contribution in [0.5, 0.6) is 5.75 Å². The lowest BCUT2D eigenvalue weighted by Crippen LogP contribution is -2.34. The maximum Gasteiger partial charge on any atom is 0.234 e. The number of phenols is 1. The van der Waals surface area contributed by atoms with Crippen molar-refractivity contribution in [2.75, 3.05) is 27.2 Å². The maximum atomic E-state index is 11.4. The number of nitrogens with one attached hydrogen (secondary N) is 1. The molecule has 1 rings (SSSR count). The zero-order valence-electron chi connectivity index (χ0n) is 11.6. The van der Waals surface area contributed by atoms with Crippen molar-refractivity contribution >= 4 is 5.91 Å². The number of likely N-dealkylation sites (N-methyl/N-ethyl adjacent to an activating group) is 1. The van der Waals surface area contributed by atoms with E-state index in [0.717, 1.165) is 23.1 Å². The zero-order chi connectivity index (χ0) is 13.7. The minimum absolute atomic E-state index is 0.0345. The number of phenolic OH excluding ortho intramolecular Hbond substituents is 1. The molecular weight excluding hydrogens is 228 g/mol. The number of nitrogens with zero attached hydrogens (tertiary/aromatic N) is 1. The van der Waals surface area contributed by atoms with Crippen molar-refractivity contribution in [3.63, 3.8) is 0 Å². The molecule has 0 spiro atoms. The quantitative estimate of drug-likeness (QED) is 0.826. The fourth-order valence-corrected chi connectivity index (χ4v) is 1.88. The van der Waals surface area contributed by atoms with Crippen molar-refractivity contribution in [2.24, 2.45) is 0 Å². The van der Waals surface area contributed by atoms with E-state index in [1.807, 2.05) is 45.0 Å². The summed E-state index contributed by atoms with van der Waals surface area (Å²) in [5, 5.41) is 12.5. The molecule has 0 fully saturated rings. The molecule has 4 heteroatoms. The molecule has 2 N–H and O–H groups in total. The number of rotatable bonds is 5. The third kappa shape index (κ3) is 4.37. The van der Waals surface area contributed by atoms with Crippen molar-refractivity contribution in [1.29, 1.82) is 0 Å². The second-order valence-electron chi connectivity index (χ2n) is 4.92. The predicted molar refractivity (Wildman–Crippen MR) is 72.8 cm³/mol. The Morgan fingerprint density at radius 2 is 1.83 bits per heavy atom. The summed E-state index contributed by atoms with van der Waals surface area (Å²) in [7, 11) is 3.73. The largest absolute Gasteiger partial charge is 0.507 e. The number of amides is 1. The lowest BCUT2D eigenvalue weighted by Gasteiger charge is -2.11. The van der Waals surface area contributed by atoms with Crippen molar-refractivity contribution in [3.05, 3.63) is 28.8 Å². The van der Waals surface area contributed by atoms with Crippen LogP contribution < -0.4 is 5.32 Å². The number of carbonyl (C=O) groups is 1. The lowest BCUT2D eigenvalue weighted by atomic mass is 10.0. The summed E-state index contributed by atoms with van der Waals surface area (Å²) in [6.45, 7) is 4.80. The predicted octanol–water partition coefficient (Wildman–Crippen LogP) is 1.23. The van der Waals surface area contributed by atoms with Crippen LogP contribution in [-0.2, 0) is 11.2 Å². The van der Waals surface area contributed by atoms with E-state index in [4.69, 9.17) is 0 Å². The topological polar surface area (TPSA) is 52.6 Å². The minimum Gasteiger partial charge on any atom is -0.507 e. The molecule has 100 valence electrons. The third-order valence-corrected chi connectivity index (χ3v) is 2.75. The van der Waals surface area contributed by atoms with Gasteiger partial charge in [-0.1, -0.05) is 12.1 Å². The van der Waals surface area contributed by atoms with Gasteiger partial charge in [0.05, 0.1) is 6.54 Å². The first-order valence-electron chi connectivity index (χ1n) is 6.10. The van der Waals surface area contributed by atoms with E-state index in [2.05, 4.69) is 5.32 Å². The number of hydrogen-bond donors (Lipinski definition) is 2. The molecule has 1 aromatic carbocycles. The van der Waals surface area contributed by atoms with Gasteiger partial charge in [0, 0.05) is 6.54 Å². The molecule has 0 bridgehead atoms. The van der Waals surface area contributed by atoms with Crippen molar-refractivity contribution in [3.8, 4) is 5.75 Å². The second-order valence-corrected chi connectivity index (χ2v) is 4.92. The Hall–Kier alpha value is -1.55. The minimum atomic E-state index is 0.0345. The second kappa shape index (κ2) is 6.40. The van der Waals surface area contributed by atoms with Gasteiger partial charge in [-0.05, 0) is 51.1 Å². The van der Waals surface area contributed by atoms with Crippen LogP contribution in [0.25, 0.3) is 0 Å². The summed E-state index contributed by atoms with van der Waals surface area (Å²) in [5.74, 6) is 0.391. The first-order chi connectivity index (χ1) is 8.40. The first-order valence-corrected chi connectivity index (χ1v) is 6.10. The van der Waals surface area contributed by atoms with E-state index >= 15 is 0 Å². The van der Waals surface area contributed by atoms with Gasteiger partial charge in [-0.2, -0.15) is 0 Å². The molecule has 0 heterocycles. The van der Waals surface area contributed by atoms with Crippen LogP contribution in [0.1, 0.15) is 16.7 Å². The fraction of sp³-hybridized carbons (Fsp3) is 0.500. The first kappa shape index (κ1) is 14.5. The molecule has 0 atom stereocenters. The van der Waals surface area contributed by atoms with E-state index in [0.29, 0.717) is 18.8 Å². The van der Waals surface area contributed by atoms with Crippen molar-refractivity contribution in [2.45, 2.75) is 20.3 Å². The highest BCUT2D eigenvalue weighted by atomic mass is 16.3. The Bertz CT molecular complexity index is 405. The highest BCUT2D eigenvalue weighted by Crippen LogP contribution is 2.22. The molecule has 0 aliphatic carbocycles. The Balaban J connectivity index is 2.47. The maximum absolute atomic E-state index is 11.4. The van der Waals surface area contributed by atoms with Crippen molar-refractivity contribution < 1.29 is 9.90 Å². The zero-order valence-corrected chi connectivity index (χ0v) is 11.6. The number of carbonyl (C=O) groups excluding carboxylic acids is 1. The number of benzene rings is 1. The summed E-state index contributed by atoms with van der Waals surface area (Å²) in [4.78, 5) is 13.3. The normalized spacial score (nSPS) is 10.7. The summed E-state index contributed by atoms with van der Waals surface area (Å²) in [6.07, 6.45) is 0.779. The average molecular weight is 250 g/mol. The summed E-state index contributed by atoms with van der Waals surface area (Å²) < 4.78 is 0. The summed E-state index contributed by atoms with van der Waals surface area (Å²) in [6, 6.07) is 3.92. The van der Waals surface area contributed by atoms with Gasteiger partial charge in [-0.3, -0.25) is 4.79 Å². The van der Waals surface area contributed by atoms with E-state index < -0.39 is 0 Å². The van der Waals surface area contributed by atoms with Crippen LogP contribution in [0.2, 0.25) is 0 Å². The van der Waals surface area contributed by atoms with Crippen LogP contribution in [0, 0.1) is 13.8 Å². The van der Waals surface area contributed by atoms with Crippen LogP contribution in [0.3, 0.4) is 0 Å². The van der Waals surface area contributed by atoms with E-state index in [1.165, 1.54) is 0 Å². The molecule has 1 aromatic rings. The monoisotopic (exact) mass is 250 g/mol. The van der Waals surface area contributed by atoms with Gasteiger partial charge in [0.2, 0.25) is 5.91 Å². The van der Waals surface area contributed by atoms with Crippen LogP contribution in [0.4, 0.5) is 0 Å². The highest BCUT2D eigenvalue weighted by Gasteiger charge is 2.05. The van der Waals surface area contributed by atoms with Crippen LogP contribution in [-0.4, -0.2) is 43.1 Å². The molecule has 0 unspecified atom stereocenters.